The van der Waals surface area contributed by atoms with Crippen LogP contribution < -0.4 is 10.1 Å². The molecule has 0 spiro atoms. The maximum Gasteiger partial charge on any atom is 0.232 e. The summed E-state index contributed by atoms with van der Waals surface area (Å²) >= 11 is 3.33. The Morgan fingerprint density at radius 1 is 1.47 bits per heavy atom. The van der Waals surface area contributed by atoms with Gasteiger partial charge in [-0.3, -0.25) is 0 Å². The van der Waals surface area contributed by atoms with Crippen molar-refractivity contribution in [3.63, 3.8) is 0 Å². The lowest BCUT2D eigenvalue weighted by atomic mass is 10.4. The van der Waals surface area contributed by atoms with E-state index in [0.717, 1.165) is 17.6 Å². The second-order valence-corrected chi connectivity index (χ2v) is 4.88. The van der Waals surface area contributed by atoms with Crippen LogP contribution in [0.1, 0.15) is 12.8 Å². The van der Waals surface area contributed by atoms with Gasteiger partial charge in [0.25, 0.3) is 0 Å². The summed E-state index contributed by atoms with van der Waals surface area (Å²) < 4.78 is 5.89. The molecular formula is C11H17BrN4O. The lowest BCUT2D eigenvalue weighted by Crippen LogP contribution is -2.26. The van der Waals surface area contributed by atoms with Gasteiger partial charge in [0.05, 0.1) is 17.8 Å². The van der Waals surface area contributed by atoms with Crippen LogP contribution in [0.5, 0.6) is 5.88 Å². The molecule has 0 radical (unpaired) electrons. The first-order valence-corrected chi connectivity index (χ1v) is 6.61. The second-order valence-electron chi connectivity index (χ2n) is 4.03. The number of aromatic nitrogens is 2. The summed E-state index contributed by atoms with van der Waals surface area (Å²) in [6, 6.07) is 0. The smallest absolute Gasteiger partial charge is 0.232 e. The summed E-state index contributed by atoms with van der Waals surface area (Å²) in [6.45, 7) is 4.34. The van der Waals surface area contributed by atoms with Crippen molar-refractivity contribution in [2.45, 2.75) is 12.8 Å². The molecule has 1 aliphatic heterocycles. The van der Waals surface area contributed by atoms with Crippen LogP contribution in [0.2, 0.25) is 0 Å². The van der Waals surface area contributed by atoms with E-state index in [-0.39, 0.29) is 0 Å². The Morgan fingerprint density at radius 3 is 2.94 bits per heavy atom. The molecule has 2 heterocycles. The predicted octanol–water partition coefficient (Wildman–Crippen LogP) is 1.76. The van der Waals surface area contributed by atoms with Crippen LogP contribution in [0.15, 0.2) is 10.7 Å². The van der Waals surface area contributed by atoms with E-state index in [4.69, 9.17) is 4.74 Å². The Morgan fingerprint density at radius 2 is 2.24 bits per heavy atom. The number of ether oxygens (including phenoxy) is 1. The van der Waals surface area contributed by atoms with Crippen molar-refractivity contribution in [3.8, 4) is 5.88 Å². The van der Waals surface area contributed by atoms with Crippen molar-refractivity contribution in [2.24, 2.45) is 0 Å². The highest BCUT2D eigenvalue weighted by molar-refractivity contribution is 9.10. The van der Waals surface area contributed by atoms with E-state index in [0.29, 0.717) is 11.8 Å². The molecule has 2 rings (SSSR count). The number of halogens is 1. The average molecular weight is 301 g/mol. The van der Waals surface area contributed by atoms with Crippen LogP contribution in [-0.4, -0.2) is 48.2 Å². The first-order valence-electron chi connectivity index (χ1n) is 5.82. The van der Waals surface area contributed by atoms with Gasteiger partial charge >= 0.3 is 0 Å². The number of nitrogens with zero attached hydrogens (tertiary/aromatic N) is 3. The van der Waals surface area contributed by atoms with Crippen LogP contribution in [0.25, 0.3) is 0 Å². The fourth-order valence-electron chi connectivity index (χ4n) is 1.91. The van der Waals surface area contributed by atoms with Crippen molar-refractivity contribution >= 4 is 21.9 Å². The Balaban J connectivity index is 1.81. The zero-order chi connectivity index (χ0) is 12.1. The van der Waals surface area contributed by atoms with E-state index < -0.39 is 0 Å². The van der Waals surface area contributed by atoms with Crippen molar-refractivity contribution in [3.05, 3.63) is 10.7 Å². The van der Waals surface area contributed by atoms with E-state index in [1.54, 1.807) is 13.3 Å². The van der Waals surface area contributed by atoms with E-state index in [1.165, 1.54) is 25.9 Å². The first kappa shape index (κ1) is 12.6. The Bertz CT molecular complexity index is 368. The monoisotopic (exact) mass is 300 g/mol. The maximum absolute atomic E-state index is 5.12. The molecule has 0 aromatic carbocycles. The fourth-order valence-corrected chi connectivity index (χ4v) is 2.26. The number of likely N-dealkylation sites (tertiary alicyclic amines) is 1. The third kappa shape index (κ3) is 3.54. The Kier molecular flexibility index (Phi) is 4.56. The van der Waals surface area contributed by atoms with Crippen molar-refractivity contribution in [1.82, 2.24) is 14.9 Å². The van der Waals surface area contributed by atoms with Gasteiger partial charge in [-0.1, -0.05) is 0 Å². The highest BCUT2D eigenvalue weighted by atomic mass is 79.9. The third-order valence-electron chi connectivity index (χ3n) is 2.82. The second kappa shape index (κ2) is 6.16. The van der Waals surface area contributed by atoms with Gasteiger partial charge in [-0.25, -0.2) is 4.98 Å². The molecule has 0 saturated carbocycles. The number of rotatable bonds is 5. The highest BCUT2D eigenvalue weighted by Gasteiger charge is 2.10. The highest BCUT2D eigenvalue weighted by Crippen LogP contribution is 2.21. The van der Waals surface area contributed by atoms with Crippen molar-refractivity contribution < 1.29 is 4.74 Å². The van der Waals surface area contributed by atoms with E-state index in [9.17, 15) is 0 Å². The number of anilines is 1. The van der Waals surface area contributed by atoms with Crippen LogP contribution >= 0.6 is 15.9 Å². The summed E-state index contributed by atoms with van der Waals surface area (Å²) in [5, 5.41) is 3.21. The molecule has 5 nitrogen and oxygen atoms in total. The lowest BCUT2D eigenvalue weighted by molar-refractivity contribution is 0.352. The van der Waals surface area contributed by atoms with Gasteiger partial charge in [0, 0.05) is 13.1 Å². The molecule has 6 heteroatoms. The molecule has 0 aliphatic carbocycles. The standard InChI is InChI=1S/C11H17BrN4O/c1-17-10-9(12)8-14-11(15-10)13-4-7-16-5-2-3-6-16/h8H,2-7H2,1H3,(H,13,14,15). The number of hydrogen-bond acceptors (Lipinski definition) is 5. The minimum atomic E-state index is 0.559. The quantitative estimate of drug-likeness (QED) is 0.898. The zero-order valence-corrected chi connectivity index (χ0v) is 11.5. The molecule has 1 saturated heterocycles. The summed E-state index contributed by atoms with van der Waals surface area (Å²) in [6.07, 6.45) is 4.34. The normalized spacial score (nSPS) is 16.1. The van der Waals surface area contributed by atoms with Crippen LogP contribution in [0, 0.1) is 0 Å². The summed E-state index contributed by atoms with van der Waals surface area (Å²) in [5.74, 6) is 1.17. The SMILES string of the molecule is COc1nc(NCCN2CCCC2)ncc1Br. The molecule has 1 N–H and O–H groups in total. The maximum atomic E-state index is 5.12. The van der Waals surface area contributed by atoms with Gasteiger partial charge in [-0.15, -0.1) is 0 Å². The molecule has 1 aromatic heterocycles. The molecule has 0 atom stereocenters. The number of nitrogens with one attached hydrogen (secondary N) is 1. The van der Waals surface area contributed by atoms with E-state index in [1.807, 2.05) is 0 Å². The van der Waals surface area contributed by atoms with Crippen LogP contribution in [-0.2, 0) is 0 Å². The van der Waals surface area contributed by atoms with E-state index >= 15 is 0 Å². The molecular weight excluding hydrogens is 284 g/mol. The molecule has 17 heavy (non-hydrogen) atoms. The molecule has 94 valence electrons. The summed E-state index contributed by atoms with van der Waals surface area (Å²) in [4.78, 5) is 10.9. The average Bonchev–Trinajstić information content (AvgIpc) is 2.84. The Hall–Kier alpha value is -0.880. The minimum Gasteiger partial charge on any atom is -0.480 e. The predicted molar refractivity (Wildman–Crippen MR) is 70.4 cm³/mol. The molecule has 1 aromatic rings. The molecule has 1 aliphatic rings. The molecule has 0 unspecified atom stereocenters. The number of hydrogen-bond donors (Lipinski definition) is 1. The molecule has 1 fully saturated rings. The van der Waals surface area contributed by atoms with Gasteiger partial charge in [-0.2, -0.15) is 4.98 Å². The molecule has 0 amide bonds. The molecule has 0 bridgehead atoms. The van der Waals surface area contributed by atoms with Crippen LogP contribution in [0.3, 0.4) is 0 Å². The summed E-state index contributed by atoms with van der Waals surface area (Å²) in [7, 11) is 1.60. The van der Waals surface area contributed by atoms with Crippen molar-refractivity contribution in [2.75, 3.05) is 38.6 Å². The van der Waals surface area contributed by atoms with Gasteiger partial charge in [0.15, 0.2) is 0 Å². The van der Waals surface area contributed by atoms with E-state index in [2.05, 4.69) is 36.1 Å². The fraction of sp³-hybridized carbons (Fsp3) is 0.636. The van der Waals surface area contributed by atoms with Gasteiger partial charge < -0.3 is 15.0 Å². The number of methoxy groups -OCH3 is 1. The first-order chi connectivity index (χ1) is 8.29. The lowest BCUT2D eigenvalue weighted by Gasteiger charge is -2.14. The van der Waals surface area contributed by atoms with Gasteiger partial charge in [-0.05, 0) is 41.9 Å². The zero-order valence-electron chi connectivity index (χ0n) is 9.95. The van der Waals surface area contributed by atoms with Gasteiger partial charge in [0.2, 0.25) is 11.8 Å². The Labute approximate surface area is 110 Å². The topological polar surface area (TPSA) is 50.3 Å². The minimum absolute atomic E-state index is 0.559. The third-order valence-corrected chi connectivity index (χ3v) is 3.36. The van der Waals surface area contributed by atoms with Crippen LogP contribution in [0.4, 0.5) is 5.95 Å². The van der Waals surface area contributed by atoms with Crippen molar-refractivity contribution in [1.29, 1.82) is 0 Å². The summed E-state index contributed by atoms with van der Waals surface area (Å²) in [5.41, 5.74) is 0. The van der Waals surface area contributed by atoms with Gasteiger partial charge in [0.1, 0.15) is 0 Å². The largest absolute Gasteiger partial charge is 0.480 e.